The molecule has 0 aromatic carbocycles. The fraction of sp³-hybridized carbons (Fsp3) is 0.636. The van der Waals surface area contributed by atoms with E-state index in [1.807, 2.05) is 31.5 Å². The molecular formula is C11H17N3O. The van der Waals surface area contributed by atoms with Gasteiger partial charge in [-0.1, -0.05) is 0 Å². The molecule has 1 aromatic heterocycles. The summed E-state index contributed by atoms with van der Waals surface area (Å²) in [6.07, 6.45) is 6.36. The van der Waals surface area contributed by atoms with Gasteiger partial charge < -0.3 is 9.88 Å². The van der Waals surface area contributed by atoms with Gasteiger partial charge in [-0.15, -0.1) is 0 Å². The Morgan fingerprint density at radius 2 is 2.27 bits per heavy atom. The zero-order valence-electron chi connectivity index (χ0n) is 9.40. The second-order valence-corrected chi connectivity index (χ2v) is 5.16. The Balaban J connectivity index is 1.91. The number of imidazole rings is 1. The van der Waals surface area contributed by atoms with E-state index in [4.69, 9.17) is 0 Å². The Bertz CT molecular complexity index is 350. The van der Waals surface area contributed by atoms with E-state index in [9.17, 15) is 4.79 Å². The Kier molecular flexibility index (Phi) is 2.29. The molecule has 4 heteroatoms. The predicted octanol–water partition coefficient (Wildman–Crippen LogP) is 1.36. The maximum atomic E-state index is 11.8. The minimum atomic E-state index is -0.140. The molecular weight excluding hydrogens is 190 g/mol. The molecule has 82 valence electrons. The van der Waals surface area contributed by atoms with E-state index < -0.39 is 0 Å². The first-order valence-corrected chi connectivity index (χ1v) is 5.27. The first-order chi connectivity index (χ1) is 6.97. The van der Waals surface area contributed by atoms with Gasteiger partial charge in [0.25, 0.3) is 0 Å². The van der Waals surface area contributed by atoms with Gasteiger partial charge >= 0.3 is 0 Å². The van der Waals surface area contributed by atoms with E-state index in [0.29, 0.717) is 6.04 Å². The van der Waals surface area contributed by atoms with Crippen molar-refractivity contribution in [2.75, 3.05) is 0 Å². The van der Waals surface area contributed by atoms with Gasteiger partial charge in [-0.3, -0.25) is 4.79 Å². The highest BCUT2D eigenvalue weighted by atomic mass is 16.2. The van der Waals surface area contributed by atoms with Crippen molar-refractivity contribution in [2.45, 2.75) is 38.8 Å². The highest BCUT2D eigenvalue weighted by Crippen LogP contribution is 2.43. The molecule has 1 N–H and O–H groups in total. The second kappa shape index (κ2) is 3.36. The summed E-state index contributed by atoms with van der Waals surface area (Å²) in [5.41, 5.74) is -0.140. The van der Waals surface area contributed by atoms with Crippen LogP contribution in [-0.2, 0) is 4.79 Å². The lowest BCUT2D eigenvalue weighted by Gasteiger charge is -2.20. The molecule has 4 nitrogen and oxygen atoms in total. The average molecular weight is 207 g/mol. The zero-order chi connectivity index (χ0) is 11.1. The largest absolute Gasteiger partial charge is 0.351 e. The molecule has 0 saturated heterocycles. The Labute approximate surface area is 89.7 Å². The number of nitrogens with zero attached hydrogens (tertiary/aromatic N) is 2. The fourth-order valence-corrected chi connectivity index (χ4v) is 1.72. The number of amides is 1. The number of hydrogen-bond acceptors (Lipinski definition) is 2. The minimum Gasteiger partial charge on any atom is -0.351 e. The van der Waals surface area contributed by atoms with Crippen molar-refractivity contribution in [3.05, 3.63) is 18.7 Å². The highest BCUT2D eigenvalue weighted by Gasteiger charge is 2.44. The number of carbonyl (C=O) groups is 1. The van der Waals surface area contributed by atoms with Gasteiger partial charge in [0.15, 0.2) is 0 Å². The summed E-state index contributed by atoms with van der Waals surface area (Å²) in [5, 5.41) is 3.00. The van der Waals surface area contributed by atoms with E-state index in [-0.39, 0.29) is 17.4 Å². The van der Waals surface area contributed by atoms with E-state index in [1.54, 1.807) is 12.5 Å². The lowest BCUT2D eigenvalue weighted by Crippen LogP contribution is -2.41. The van der Waals surface area contributed by atoms with Crippen molar-refractivity contribution in [3.63, 3.8) is 0 Å². The smallest absolute Gasteiger partial charge is 0.225 e. The van der Waals surface area contributed by atoms with Crippen LogP contribution in [0.25, 0.3) is 0 Å². The third-order valence-corrected chi connectivity index (χ3v) is 2.50. The van der Waals surface area contributed by atoms with Crippen LogP contribution in [0.1, 0.15) is 33.2 Å². The maximum Gasteiger partial charge on any atom is 0.225 e. The van der Waals surface area contributed by atoms with Gasteiger partial charge in [0.05, 0.1) is 12.2 Å². The van der Waals surface area contributed by atoms with Crippen LogP contribution in [-0.4, -0.2) is 21.0 Å². The van der Waals surface area contributed by atoms with Gasteiger partial charge in [0, 0.05) is 24.0 Å². The number of hydrogen-bond donors (Lipinski definition) is 1. The molecule has 1 fully saturated rings. The molecule has 1 saturated carbocycles. The molecule has 0 unspecified atom stereocenters. The van der Waals surface area contributed by atoms with Gasteiger partial charge in [-0.2, -0.15) is 0 Å². The Morgan fingerprint density at radius 1 is 1.53 bits per heavy atom. The second-order valence-electron chi connectivity index (χ2n) is 5.16. The van der Waals surface area contributed by atoms with Crippen LogP contribution in [0.15, 0.2) is 18.7 Å². The van der Waals surface area contributed by atoms with Crippen LogP contribution in [0.3, 0.4) is 0 Å². The van der Waals surface area contributed by atoms with Gasteiger partial charge in [0.1, 0.15) is 0 Å². The fourth-order valence-electron chi connectivity index (χ4n) is 1.72. The summed E-state index contributed by atoms with van der Waals surface area (Å²) < 4.78 is 2.01. The summed E-state index contributed by atoms with van der Waals surface area (Å²) in [6, 6.07) is 0.315. The summed E-state index contributed by atoms with van der Waals surface area (Å²) in [5.74, 6) is 0.277. The third kappa shape index (κ3) is 2.37. The number of aromatic nitrogens is 2. The molecule has 1 aromatic rings. The Morgan fingerprint density at radius 3 is 2.80 bits per heavy atom. The SMILES string of the molecule is CC(C)(C)NC(=O)[C@@H]1C[C@H]1n1ccnc1. The van der Waals surface area contributed by atoms with E-state index in [0.717, 1.165) is 6.42 Å². The molecule has 0 aliphatic heterocycles. The Hall–Kier alpha value is -1.32. The quantitative estimate of drug-likeness (QED) is 0.796. The molecule has 1 heterocycles. The molecule has 1 amide bonds. The molecule has 0 spiro atoms. The predicted molar refractivity (Wildman–Crippen MR) is 57.3 cm³/mol. The number of carbonyl (C=O) groups excluding carboxylic acids is 1. The van der Waals surface area contributed by atoms with Crippen LogP contribution in [0, 0.1) is 5.92 Å². The molecule has 2 rings (SSSR count). The molecule has 15 heavy (non-hydrogen) atoms. The summed E-state index contributed by atoms with van der Waals surface area (Å²) in [7, 11) is 0. The summed E-state index contributed by atoms with van der Waals surface area (Å²) in [6.45, 7) is 6.00. The normalized spacial score (nSPS) is 25.0. The van der Waals surface area contributed by atoms with Crippen molar-refractivity contribution >= 4 is 5.91 Å². The highest BCUT2D eigenvalue weighted by molar-refractivity contribution is 5.82. The standard InChI is InChI=1S/C11H17N3O/c1-11(2,3)13-10(15)8-6-9(8)14-5-4-12-7-14/h4-5,7-9H,6H2,1-3H3,(H,13,15)/t8-,9-/m1/s1. The van der Waals surface area contributed by atoms with Crippen molar-refractivity contribution in [1.29, 1.82) is 0 Å². The first-order valence-electron chi connectivity index (χ1n) is 5.27. The molecule has 0 bridgehead atoms. The van der Waals surface area contributed by atoms with Gasteiger partial charge in [0.2, 0.25) is 5.91 Å². The van der Waals surface area contributed by atoms with Crippen LogP contribution in [0.5, 0.6) is 0 Å². The van der Waals surface area contributed by atoms with E-state index in [1.165, 1.54) is 0 Å². The van der Waals surface area contributed by atoms with Gasteiger partial charge in [-0.05, 0) is 27.2 Å². The van der Waals surface area contributed by atoms with Crippen LogP contribution >= 0.6 is 0 Å². The summed E-state index contributed by atoms with van der Waals surface area (Å²) >= 11 is 0. The van der Waals surface area contributed by atoms with Crippen LogP contribution < -0.4 is 5.32 Å². The molecule has 2 atom stereocenters. The van der Waals surface area contributed by atoms with Crippen molar-refractivity contribution < 1.29 is 4.79 Å². The lowest BCUT2D eigenvalue weighted by molar-refractivity contribution is -0.123. The monoisotopic (exact) mass is 207 g/mol. The molecule has 1 aliphatic carbocycles. The van der Waals surface area contributed by atoms with E-state index in [2.05, 4.69) is 10.3 Å². The molecule has 1 aliphatic rings. The first kappa shape index (κ1) is 10.2. The zero-order valence-corrected chi connectivity index (χ0v) is 9.40. The number of rotatable bonds is 2. The minimum absolute atomic E-state index is 0.124. The topological polar surface area (TPSA) is 46.9 Å². The van der Waals surface area contributed by atoms with Crippen molar-refractivity contribution in [2.24, 2.45) is 5.92 Å². The summed E-state index contributed by atoms with van der Waals surface area (Å²) in [4.78, 5) is 15.8. The van der Waals surface area contributed by atoms with Crippen LogP contribution in [0.2, 0.25) is 0 Å². The van der Waals surface area contributed by atoms with Crippen LogP contribution in [0.4, 0.5) is 0 Å². The van der Waals surface area contributed by atoms with Crippen molar-refractivity contribution in [1.82, 2.24) is 14.9 Å². The van der Waals surface area contributed by atoms with E-state index >= 15 is 0 Å². The molecule has 0 radical (unpaired) electrons. The van der Waals surface area contributed by atoms with Gasteiger partial charge in [-0.25, -0.2) is 4.98 Å². The lowest BCUT2D eigenvalue weighted by atomic mass is 10.1. The average Bonchev–Trinajstić information content (AvgIpc) is 2.71. The number of nitrogens with one attached hydrogen (secondary N) is 1. The third-order valence-electron chi connectivity index (χ3n) is 2.50. The van der Waals surface area contributed by atoms with Crippen molar-refractivity contribution in [3.8, 4) is 0 Å². The maximum absolute atomic E-state index is 11.8.